The minimum Gasteiger partial charge on any atom is -0.350 e. The maximum atomic E-state index is 13.3. The number of nitrogens with one attached hydrogen (secondary N) is 2. The summed E-state index contributed by atoms with van der Waals surface area (Å²) in [5, 5.41) is 15.2. The van der Waals surface area contributed by atoms with Gasteiger partial charge >= 0.3 is 0 Å². The SMILES string of the molecule is Cc1ccc(C(=O)N2CCC(c3ccc(C#N)cc3)CC2)cc1Nc1ncccc1C(=O)NC(C)C. The number of rotatable bonds is 6. The number of amides is 2. The predicted molar refractivity (Wildman–Crippen MR) is 140 cm³/mol. The first kappa shape index (κ1) is 24.9. The summed E-state index contributed by atoms with van der Waals surface area (Å²) >= 11 is 0. The third-order valence-corrected chi connectivity index (χ3v) is 6.50. The van der Waals surface area contributed by atoms with E-state index in [1.54, 1.807) is 18.3 Å². The van der Waals surface area contributed by atoms with Gasteiger partial charge in [-0.05, 0) is 87.1 Å². The fourth-order valence-corrected chi connectivity index (χ4v) is 4.47. The number of benzene rings is 2. The number of hydrogen-bond acceptors (Lipinski definition) is 5. The largest absolute Gasteiger partial charge is 0.350 e. The van der Waals surface area contributed by atoms with Crippen LogP contribution in [0, 0.1) is 18.3 Å². The molecule has 0 bridgehead atoms. The van der Waals surface area contributed by atoms with Gasteiger partial charge in [0, 0.05) is 36.6 Å². The summed E-state index contributed by atoms with van der Waals surface area (Å²) < 4.78 is 0. The number of nitrogens with zero attached hydrogens (tertiary/aromatic N) is 3. The summed E-state index contributed by atoms with van der Waals surface area (Å²) in [6.07, 6.45) is 3.41. The zero-order chi connectivity index (χ0) is 25.7. The molecular weight excluding hydrogens is 450 g/mol. The van der Waals surface area contributed by atoms with Gasteiger partial charge in [0.1, 0.15) is 5.82 Å². The number of hydrogen-bond donors (Lipinski definition) is 2. The lowest BCUT2D eigenvalue weighted by Gasteiger charge is -2.32. The molecule has 1 aliphatic rings. The van der Waals surface area contributed by atoms with Gasteiger partial charge in [-0.2, -0.15) is 5.26 Å². The first-order valence-corrected chi connectivity index (χ1v) is 12.3. The van der Waals surface area contributed by atoms with E-state index in [0.29, 0.717) is 41.5 Å². The fourth-order valence-electron chi connectivity index (χ4n) is 4.47. The summed E-state index contributed by atoms with van der Waals surface area (Å²) in [6, 6.07) is 19.0. The van der Waals surface area contributed by atoms with E-state index >= 15 is 0 Å². The van der Waals surface area contributed by atoms with E-state index in [0.717, 1.165) is 24.1 Å². The standard InChI is InChI=1S/C29H31N5O2/c1-19(2)32-28(35)25-5-4-14-31-27(25)33-26-17-24(9-6-20(26)3)29(36)34-15-12-23(13-16-34)22-10-7-21(18-30)8-11-22/h4-11,14,17,19,23H,12-13,15-16H2,1-3H3,(H,31,33)(H,32,35). The van der Waals surface area contributed by atoms with Crippen LogP contribution in [-0.2, 0) is 0 Å². The second-order valence-corrected chi connectivity index (χ2v) is 9.48. The molecule has 2 heterocycles. The topological polar surface area (TPSA) is 98.1 Å². The highest BCUT2D eigenvalue weighted by Gasteiger charge is 2.25. The lowest BCUT2D eigenvalue weighted by Crippen LogP contribution is -2.38. The van der Waals surface area contributed by atoms with E-state index in [9.17, 15) is 9.59 Å². The normalized spacial score (nSPS) is 13.8. The number of carbonyl (C=O) groups excluding carboxylic acids is 2. The first-order chi connectivity index (χ1) is 17.4. The van der Waals surface area contributed by atoms with E-state index in [1.165, 1.54) is 5.56 Å². The zero-order valence-electron chi connectivity index (χ0n) is 20.9. The Balaban J connectivity index is 1.46. The Morgan fingerprint density at radius 1 is 1.08 bits per heavy atom. The van der Waals surface area contributed by atoms with Gasteiger partial charge in [0.15, 0.2) is 0 Å². The summed E-state index contributed by atoms with van der Waals surface area (Å²) in [5.41, 5.74) is 4.62. The molecule has 1 aliphatic heterocycles. The monoisotopic (exact) mass is 481 g/mol. The molecule has 0 atom stereocenters. The van der Waals surface area contributed by atoms with Crippen molar-refractivity contribution in [2.75, 3.05) is 18.4 Å². The smallest absolute Gasteiger partial charge is 0.255 e. The summed E-state index contributed by atoms with van der Waals surface area (Å²) in [7, 11) is 0. The summed E-state index contributed by atoms with van der Waals surface area (Å²) in [4.78, 5) is 32.2. The molecule has 0 spiro atoms. The Labute approximate surface area is 212 Å². The molecule has 36 heavy (non-hydrogen) atoms. The molecule has 0 aliphatic carbocycles. The van der Waals surface area contributed by atoms with Crippen LogP contribution in [0.3, 0.4) is 0 Å². The molecule has 2 N–H and O–H groups in total. The highest BCUT2D eigenvalue weighted by molar-refractivity contribution is 6.00. The van der Waals surface area contributed by atoms with E-state index in [1.807, 2.05) is 68.1 Å². The van der Waals surface area contributed by atoms with Gasteiger partial charge < -0.3 is 15.5 Å². The quantitative estimate of drug-likeness (QED) is 0.507. The van der Waals surface area contributed by atoms with Crippen molar-refractivity contribution in [3.05, 3.63) is 88.6 Å². The molecule has 4 rings (SSSR count). The van der Waals surface area contributed by atoms with Crippen LogP contribution >= 0.6 is 0 Å². The molecule has 2 amide bonds. The minimum atomic E-state index is -0.199. The maximum absolute atomic E-state index is 13.3. The van der Waals surface area contributed by atoms with E-state index in [4.69, 9.17) is 5.26 Å². The Bertz CT molecular complexity index is 1290. The van der Waals surface area contributed by atoms with Crippen LogP contribution < -0.4 is 10.6 Å². The zero-order valence-corrected chi connectivity index (χ0v) is 20.9. The van der Waals surface area contributed by atoms with Crippen molar-refractivity contribution >= 4 is 23.3 Å². The first-order valence-electron chi connectivity index (χ1n) is 12.3. The highest BCUT2D eigenvalue weighted by atomic mass is 16.2. The second kappa shape index (κ2) is 11.0. The molecule has 0 saturated carbocycles. The molecule has 0 unspecified atom stereocenters. The molecule has 2 aromatic carbocycles. The number of pyridine rings is 1. The van der Waals surface area contributed by atoms with Crippen LogP contribution in [0.4, 0.5) is 11.5 Å². The number of piperidine rings is 1. The van der Waals surface area contributed by atoms with Gasteiger partial charge in [0.25, 0.3) is 11.8 Å². The summed E-state index contributed by atoms with van der Waals surface area (Å²) in [6.45, 7) is 7.14. The molecule has 3 aromatic rings. The van der Waals surface area contributed by atoms with E-state index < -0.39 is 0 Å². The van der Waals surface area contributed by atoms with E-state index in [-0.39, 0.29) is 17.9 Å². The van der Waals surface area contributed by atoms with Crippen molar-refractivity contribution in [1.82, 2.24) is 15.2 Å². The number of aryl methyl sites for hydroxylation is 1. The molecule has 7 heteroatoms. The molecule has 1 aromatic heterocycles. The van der Waals surface area contributed by atoms with Gasteiger partial charge in [-0.25, -0.2) is 4.98 Å². The van der Waals surface area contributed by atoms with Gasteiger partial charge in [-0.1, -0.05) is 18.2 Å². The van der Waals surface area contributed by atoms with Crippen molar-refractivity contribution in [3.8, 4) is 6.07 Å². The van der Waals surface area contributed by atoms with Gasteiger partial charge in [-0.3, -0.25) is 9.59 Å². The average Bonchev–Trinajstić information content (AvgIpc) is 2.89. The molecule has 184 valence electrons. The van der Waals surface area contributed by atoms with Crippen LogP contribution in [0.25, 0.3) is 0 Å². The number of aromatic nitrogens is 1. The number of anilines is 2. The van der Waals surface area contributed by atoms with Crippen molar-refractivity contribution in [1.29, 1.82) is 5.26 Å². The highest BCUT2D eigenvalue weighted by Crippen LogP contribution is 2.30. The van der Waals surface area contributed by atoms with Crippen LogP contribution in [0.15, 0.2) is 60.8 Å². The lowest BCUT2D eigenvalue weighted by atomic mass is 9.89. The fraction of sp³-hybridized carbons (Fsp3) is 0.310. The van der Waals surface area contributed by atoms with Crippen molar-refractivity contribution in [3.63, 3.8) is 0 Å². The van der Waals surface area contributed by atoms with Crippen LogP contribution in [0.2, 0.25) is 0 Å². The van der Waals surface area contributed by atoms with Gasteiger partial charge in [0.2, 0.25) is 0 Å². The molecule has 1 saturated heterocycles. The number of carbonyl (C=O) groups is 2. The van der Waals surface area contributed by atoms with Crippen LogP contribution in [-0.4, -0.2) is 40.8 Å². The van der Waals surface area contributed by atoms with Crippen LogP contribution in [0.1, 0.15) is 70.0 Å². The van der Waals surface area contributed by atoms with E-state index in [2.05, 4.69) is 21.7 Å². The Kier molecular flexibility index (Phi) is 7.65. The molecule has 1 fully saturated rings. The predicted octanol–water partition coefficient (Wildman–Crippen LogP) is 5.16. The van der Waals surface area contributed by atoms with Gasteiger partial charge in [0.05, 0.1) is 17.2 Å². The number of nitriles is 1. The second-order valence-electron chi connectivity index (χ2n) is 9.48. The Morgan fingerprint density at radius 3 is 2.47 bits per heavy atom. The maximum Gasteiger partial charge on any atom is 0.255 e. The van der Waals surface area contributed by atoms with Crippen molar-refractivity contribution in [2.24, 2.45) is 0 Å². The lowest BCUT2D eigenvalue weighted by molar-refractivity contribution is 0.0712. The average molecular weight is 482 g/mol. The molecular formula is C29H31N5O2. The third-order valence-electron chi connectivity index (χ3n) is 6.50. The number of likely N-dealkylation sites (tertiary alicyclic amines) is 1. The van der Waals surface area contributed by atoms with Crippen molar-refractivity contribution in [2.45, 2.75) is 45.6 Å². The molecule has 7 nitrogen and oxygen atoms in total. The Morgan fingerprint density at radius 2 is 1.81 bits per heavy atom. The minimum absolute atomic E-state index is 0.00452. The van der Waals surface area contributed by atoms with Crippen LogP contribution in [0.5, 0.6) is 0 Å². The Hall–Kier alpha value is -4.18. The molecule has 0 radical (unpaired) electrons. The van der Waals surface area contributed by atoms with Crippen molar-refractivity contribution < 1.29 is 9.59 Å². The summed E-state index contributed by atoms with van der Waals surface area (Å²) in [5.74, 6) is 0.633. The third kappa shape index (κ3) is 5.72. The van der Waals surface area contributed by atoms with Gasteiger partial charge in [-0.15, -0.1) is 0 Å².